The number of nitrogens with two attached hydrogens (primary N) is 1. The van der Waals surface area contributed by atoms with Crippen LogP contribution in [0.1, 0.15) is 19.3 Å². The summed E-state index contributed by atoms with van der Waals surface area (Å²) in [6, 6.07) is 0. The van der Waals surface area contributed by atoms with Crippen LogP contribution in [-0.2, 0) is 19.1 Å². The summed E-state index contributed by atoms with van der Waals surface area (Å²) in [6.07, 6.45) is 0.867. The highest BCUT2D eigenvalue weighted by molar-refractivity contribution is 5.76. The third-order valence-electron chi connectivity index (χ3n) is 2.12. The van der Waals surface area contributed by atoms with E-state index in [2.05, 4.69) is 10.1 Å². The number of nitrogens with one attached hydrogen (secondary N) is 1. The van der Waals surface area contributed by atoms with Crippen molar-refractivity contribution in [2.45, 2.75) is 25.4 Å². The summed E-state index contributed by atoms with van der Waals surface area (Å²) in [5.74, 6) is -0.395. The van der Waals surface area contributed by atoms with Crippen molar-refractivity contribution in [3.05, 3.63) is 0 Å². The standard InChI is InChI=1S/C10H20N2O4/c1-15-8(7-11)6-9(13)12-5-3-4-10(14)16-2/h8H,3-7,11H2,1-2H3,(H,12,13). The van der Waals surface area contributed by atoms with Crippen molar-refractivity contribution < 1.29 is 19.1 Å². The van der Waals surface area contributed by atoms with Crippen LogP contribution in [0.15, 0.2) is 0 Å². The van der Waals surface area contributed by atoms with Crippen molar-refractivity contribution in [3.8, 4) is 0 Å². The molecule has 6 heteroatoms. The van der Waals surface area contributed by atoms with Gasteiger partial charge in [0.1, 0.15) is 0 Å². The number of carbonyl (C=O) groups is 2. The van der Waals surface area contributed by atoms with Gasteiger partial charge in [-0.2, -0.15) is 0 Å². The van der Waals surface area contributed by atoms with Crippen molar-refractivity contribution in [1.82, 2.24) is 5.32 Å². The molecule has 94 valence electrons. The lowest BCUT2D eigenvalue weighted by Crippen LogP contribution is -2.32. The normalized spacial score (nSPS) is 11.9. The number of hydrogen-bond donors (Lipinski definition) is 2. The van der Waals surface area contributed by atoms with E-state index in [0.717, 1.165) is 0 Å². The number of esters is 1. The molecule has 0 fully saturated rings. The molecule has 16 heavy (non-hydrogen) atoms. The molecule has 0 spiro atoms. The third kappa shape index (κ3) is 7.19. The van der Waals surface area contributed by atoms with E-state index in [0.29, 0.717) is 25.9 Å². The Balaban J connectivity index is 3.54. The van der Waals surface area contributed by atoms with E-state index in [1.54, 1.807) is 0 Å². The van der Waals surface area contributed by atoms with Crippen molar-refractivity contribution in [3.63, 3.8) is 0 Å². The van der Waals surface area contributed by atoms with Crippen LogP contribution in [0.3, 0.4) is 0 Å². The van der Waals surface area contributed by atoms with Gasteiger partial charge in [0, 0.05) is 26.6 Å². The van der Waals surface area contributed by atoms with E-state index < -0.39 is 0 Å². The number of rotatable bonds is 8. The zero-order valence-corrected chi connectivity index (χ0v) is 9.82. The number of ether oxygens (including phenoxy) is 2. The van der Waals surface area contributed by atoms with Crippen LogP contribution in [-0.4, -0.2) is 45.3 Å². The molecule has 0 rings (SSSR count). The molecule has 0 aliphatic heterocycles. The number of methoxy groups -OCH3 is 2. The molecule has 1 unspecified atom stereocenters. The summed E-state index contributed by atoms with van der Waals surface area (Å²) in [5, 5.41) is 2.68. The molecule has 6 nitrogen and oxygen atoms in total. The highest BCUT2D eigenvalue weighted by Gasteiger charge is 2.10. The average molecular weight is 232 g/mol. The predicted molar refractivity (Wildman–Crippen MR) is 58.7 cm³/mol. The first kappa shape index (κ1) is 14.9. The third-order valence-corrected chi connectivity index (χ3v) is 2.12. The lowest BCUT2D eigenvalue weighted by Gasteiger charge is -2.12. The molecule has 0 aliphatic rings. The molecule has 0 radical (unpaired) electrons. The molecule has 0 aromatic carbocycles. The molecule has 0 saturated carbocycles. The van der Waals surface area contributed by atoms with E-state index in [4.69, 9.17) is 10.5 Å². The number of amides is 1. The fraction of sp³-hybridized carbons (Fsp3) is 0.800. The van der Waals surface area contributed by atoms with Crippen LogP contribution in [0.2, 0.25) is 0 Å². The van der Waals surface area contributed by atoms with E-state index in [9.17, 15) is 9.59 Å². The van der Waals surface area contributed by atoms with E-state index in [-0.39, 0.29) is 24.4 Å². The summed E-state index contributed by atoms with van der Waals surface area (Å²) >= 11 is 0. The van der Waals surface area contributed by atoms with Gasteiger partial charge in [-0.1, -0.05) is 0 Å². The molecule has 3 N–H and O–H groups in total. The summed E-state index contributed by atoms with van der Waals surface area (Å²) in [5.41, 5.74) is 5.38. The van der Waals surface area contributed by atoms with E-state index in [1.165, 1.54) is 14.2 Å². The van der Waals surface area contributed by atoms with E-state index in [1.807, 2.05) is 0 Å². The Labute approximate surface area is 95.5 Å². The maximum Gasteiger partial charge on any atom is 0.305 e. The second-order valence-corrected chi connectivity index (χ2v) is 3.33. The maximum atomic E-state index is 11.3. The Hall–Kier alpha value is -1.14. The van der Waals surface area contributed by atoms with Gasteiger partial charge >= 0.3 is 5.97 Å². The SMILES string of the molecule is COC(=O)CCCNC(=O)CC(CN)OC. The summed E-state index contributed by atoms with van der Waals surface area (Å²) in [7, 11) is 2.85. The minimum atomic E-state index is -0.272. The molecule has 1 amide bonds. The monoisotopic (exact) mass is 232 g/mol. The second-order valence-electron chi connectivity index (χ2n) is 3.33. The largest absolute Gasteiger partial charge is 0.469 e. The Kier molecular flexibility index (Phi) is 8.46. The minimum Gasteiger partial charge on any atom is -0.469 e. The molecule has 0 bridgehead atoms. The lowest BCUT2D eigenvalue weighted by atomic mass is 10.2. The molecule has 0 aromatic heterocycles. The van der Waals surface area contributed by atoms with Crippen molar-refractivity contribution in [2.24, 2.45) is 5.73 Å². The van der Waals surface area contributed by atoms with Gasteiger partial charge in [-0.05, 0) is 6.42 Å². The summed E-state index contributed by atoms with van der Waals surface area (Å²) in [4.78, 5) is 22.1. The Morgan fingerprint density at radius 1 is 1.38 bits per heavy atom. The van der Waals surface area contributed by atoms with Crippen molar-refractivity contribution in [1.29, 1.82) is 0 Å². The maximum absolute atomic E-state index is 11.3. The van der Waals surface area contributed by atoms with Gasteiger partial charge in [0.05, 0.1) is 19.6 Å². The molecule has 0 aromatic rings. The number of carbonyl (C=O) groups excluding carboxylic acids is 2. The van der Waals surface area contributed by atoms with Gasteiger partial charge in [-0.3, -0.25) is 9.59 Å². The van der Waals surface area contributed by atoms with Gasteiger partial charge in [0.15, 0.2) is 0 Å². The number of hydrogen-bond acceptors (Lipinski definition) is 5. The van der Waals surface area contributed by atoms with Gasteiger partial charge in [0.2, 0.25) is 5.91 Å². The topological polar surface area (TPSA) is 90.7 Å². The Morgan fingerprint density at radius 3 is 2.56 bits per heavy atom. The first-order valence-electron chi connectivity index (χ1n) is 5.20. The van der Waals surface area contributed by atoms with Crippen LogP contribution < -0.4 is 11.1 Å². The van der Waals surface area contributed by atoms with Gasteiger partial charge in [-0.15, -0.1) is 0 Å². The molecular weight excluding hydrogens is 212 g/mol. The van der Waals surface area contributed by atoms with Crippen LogP contribution in [0, 0.1) is 0 Å². The first-order valence-corrected chi connectivity index (χ1v) is 5.20. The van der Waals surface area contributed by atoms with Crippen LogP contribution in [0.5, 0.6) is 0 Å². The summed E-state index contributed by atoms with van der Waals surface area (Å²) < 4.78 is 9.44. The highest BCUT2D eigenvalue weighted by atomic mass is 16.5. The minimum absolute atomic E-state index is 0.123. The van der Waals surface area contributed by atoms with Gasteiger partial charge < -0.3 is 20.5 Å². The van der Waals surface area contributed by atoms with Gasteiger partial charge in [-0.25, -0.2) is 0 Å². The van der Waals surface area contributed by atoms with Crippen LogP contribution in [0.25, 0.3) is 0 Å². The Bertz CT molecular complexity index is 217. The molecule has 0 saturated heterocycles. The fourth-order valence-electron chi connectivity index (χ4n) is 1.10. The fourth-order valence-corrected chi connectivity index (χ4v) is 1.10. The van der Waals surface area contributed by atoms with Crippen molar-refractivity contribution in [2.75, 3.05) is 27.3 Å². The molecular formula is C10H20N2O4. The zero-order valence-electron chi connectivity index (χ0n) is 9.82. The van der Waals surface area contributed by atoms with E-state index >= 15 is 0 Å². The van der Waals surface area contributed by atoms with Crippen LogP contribution >= 0.6 is 0 Å². The molecule has 1 atom stereocenters. The average Bonchev–Trinajstić information content (AvgIpc) is 2.31. The lowest BCUT2D eigenvalue weighted by molar-refractivity contribution is -0.140. The predicted octanol–water partition coefficient (Wildman–Crippen LogP) is -0.580. The smallest absolute Gasteiger partial charge is 0.305 e. The molecule has 0 heterocycles. The van der Waals surface area contributed by atoms with Gasteiger partial charge in [0.25, 0.3) is 0 Å². The van der Waals surface area contributed by atoms with Crippen molar-refractivity contribution >= 4 is 11.9 Å². The first-order chi connectivity index (χ1) is 7.63. The quantitative estimate of drug-likeness (QED) is 0.431. The summed E-state index contributed by atoms with van der Waals surface area (Å²) in [6.45, 7) is 0.765. The molecule has 0 aliphatic carbocycles. The second kappa shape index (κ2) is 9.11. The zero-order chi connectivity index (χ0) is 12.4. The van der Waals surface area contributed by atoms with Crippen LogP contribution in [0.4, 0.5) is 0 Å². The highest BCUT2D eigenvalue weighted by Crippen LogP contribution is 1.95. The Morgan fingerprint density at radius 2 is 2.06 bits per heavy atom.